The monoisotopic (exact) mass is 421 g/mol. The van der Waals surface area contributed by atoms with Crippen molar-refractivity contribution < 1.29 is 4.74 Å². The molecule has 4 rings (SSSR count). The zero-order valence-electron chi connectivity index (χ0n) is 15.0. The lowest BCUT2D eigenvalue weighted by Gasteiger charge is -2.16. The van der Waals surface area contributed by atoms with Crippen LogP contribution in [0, 0.1) is 25.2 Å². The number of nitrogens with two attached hydrogens (primary N) is 1. The first kappa shape index (κ1) is 17.3. The van der Waals surface area contributed by atoms with Gasteiger partial charge in [-0.15, -0.1) is 0 Å². The van der Waals surface area contributed by atoms with E-state index in [1.807, 2.05) is 44.2 Å². The average Bonchev–Trinajstić information content (AvgIpc) is 2.92. The van der Waals surface area contributed by atoms with E-state index in [-0.39, 0.29) is 0 Å². The molecule has 134 valence electrons. The van der Waals surface area contributed by atoms with Gasteiger partial charge in [0.15, 0.2) is 5.65 Å². The summed E-state index contributed by atoms with van der Waals surface area (Å²) < 4.78 is 8.09. The van der Waals surface area contributed by atoms with Crippen LogP contribution in [0.1, 0.15) is 16.7 Å². The minimum Gasteiger partial charge on any atom is -0.496 e. The second kappa shape index (κ2) is 6.25. The number of hydrogen-bond acceptors (Lipinski definition) is 5. The number of rotatable bonds is 2. The van der Waals surface area contributed by atoms with E-state index in [9.17, 15) is 5.26 Å². The normalized spacial score (nSPS) is 11.1. The van der Waals surface area contributed by atoms with Crippen molar-refractivity contribution in [3.63, 3.8) is 0 Å². The largest absolute Gasteiger partial charge is 0.496 e. The van der Waals surface area contributed by atoms with Crippen LogP contribution >= 0.6 is 15.9 Å². The van der Waals surface area contributed by atoms with Crippen LogP contribution in [0.25, 0.3) is 27.9 Å². The Morgan fingerprint density at radius 1 is 1.15 bits per heavy atom. The molecule has 0 unspecified atom stereocenters. The van der Waals surface area contributed by atoms with E-state index >= 15 is 0 Å². The molecule has 27 heavy (non-hydrogen) atoms. The summed E-state index contributed by atoms with van der Waals surface area (Å²) in [5, 5.41) is 9.71. The molecule has 2 N–H and O–H groups in total. The maximum absolute atomic E-state index is 9.71. The van der Waals surface area contributed by atoms with E-state index in [2.05, 4.69) is 22.0 Å². The molecular formula is C20H16BrN5O. The predicted molar refractivity (Wildman–Crippen MR) is 109 cm³/mol. The molecule has 6 nitrogen and oxygen atoms in total. The van der Waals surface area contributed by atoms with Crippen LogP contribution in [-0.4, -0.2) is 21.6 Å². The second-order valence-corrected chi connectivity index (χ2v) is 7.12. The Kier molecular flexibility index (Phi) is 4.01. The Bertz CT molecular complexity index is 1270. The summed E-state index contributed by atoms with van der Waals surface area (Å²) in [6.07, 6.45) is 0. The Morgan fingerprint density at radius 3 is 2.63 bits per heavy atom. The number of benzene rings is 2. The molecule has 0 radical (unpaired) electrons. The molecular weight excluding hydrogens is 406 g/mol. The van der Waals surface area contributed by atoms with Crippen molar-refractivity contribution >= 4 is 43.9 Å². The van der Waals surface area contributed by atoms with Gasteiger partial charge < -0.3 is 10.5 Å². The van der Waals surface area contributed by atoms with E-state index < -0.39 is 0 Å². The van der Waals surface area contributed by atoms with Gasteiger partial charge in [0.1, 0.15) is 34.2 Å². The number of methoxy groups -OCH3 is 1. The van der Waals surface area contributed by atoms with Gasteiger partial charge in [-0.3, -0.25) is 4.57 Å². The third kappa shape index (κ3) is 2.45. The maximum atomic E-state index is 9.71. The number of nitrogen functional groups attached to an aromatic ring is 1. The zero-order valence-corrected chi connectivity index (χ0v) is 16.6. The van der Waals surface area contributed by atoms with Gasteiger partial charge >= 0.3 is 0 Å². The lowest BCUT2D eigenvalue weighted by atomic mass is 10.1. The van der Waals surface area contributed by atoms with Gasteiger partial charge in [0.25, 0.3) is 0 Å². The number of nitrogens with zero attached hydrogens (tertiary/aromatic N) is 4. The molecule has 4 aromatic rings. The number of fused-ring (bicyclic) bond motifs is 2. The molecule has 0 bridgehead atoms. The molecule has 0 amide bonds. The highest BCUT2D eigenvalue weighted by molar-refractivity contribution is 9.10. The minimum absolute atomic E-state index is 0.316. The fraction of sp³-hybridized carbons (Fsp3) is 0.150. The summed E-state index contributed by atoms with van der Waals surface area (Å²) >= 11 is 3.50. The molecule has 0 atom stereocenters. The number of nitriles is 1. The van der Waals surface area contributed by atoms with E-state index in [0.717, 1.165) is 32.6 Å². The second-order valence-electron chi connectivity index (χ2n) is 6.27. The smallest absolute Gasteiger partial charge is 0.167 e. The Labute approximate surface area is 164 Å². The summed E-state index contributed by atoms with van der Waals surface area (Å²) in [7, 11) is 1.63. The third-order valence-corrected chi connectivity index (χ3v) is 5.35. The number of aromatic nitrogens is 3. The number of hydrogen-bond donors (Lipinski definition) is 1. The first-order valence-corrected chi connectivity index (χ1v) is 9.08. The van der Waals surface area contributed by atoms with Crippen molar-refractivity contribution in [1.29, 1.82) is 5.26 Å². The molecule has 2 heterocycles. The summed E-state index contributed by atoms with van der Waals surface area (Å²) in [4.78, 5) is 9.47. The molecule has 0 spiro atoms. The summed E-state index contributed by atoms with van der Waals surface area (Å²) in [6.45, 7) is 3.95. The van der Waals surface area contributed by atoms with Gasteiger partial charge in [0.2, 0.25) is 0 Å². The minimum atomic E-state index is 0.316. The van der Waals surface area contributed by atoms with Crippen LogP contribution in [-0.2, 0) is 0 Å². The zero-order chi connectivity index (χ0) is 19.3. The van der Waals surface area contributed by atoms with Crippen LogP contribution < -0.4 is 10.5 Å². The number of ether oxygens (including phenoxy) is 1. The van der Waals surface area contributed by atoms with Gasteiger partial charge in [-0.05, 0) is 53.5 Å². The van der Waals surface area contributed by atoms with Crippen molar-refractivity contribution in [1.82, 2.24) is 14.5 Å². The van der Waals surface area contributed by atoms with E-state index in [4.69, 9.17) is 20.4 Å². The SMILES string of the molecule is COc1ccc(C)c(-n2c(N)c(C#N)c3nc4c(Br)cccc4nc32)c1C. The molecule has 2 aromatic carbocycles. The standard InChI is InChI=1S/C20H16BrN5O/c1-10-7-8-15(27-3)11(2)18(10)26-19(23)12(9-22)16-20(26)24-14-6-4-5-13(21)17(14)25-16/h4-8H,23H2,1-3H3. The van der Waals surface area contributed by atoms with Gasteiger partial charge in [0.05, 0.1) is 18.3 Å². The molecule has 0 aliphatic rings. The lowest BCUT2D eigenvalue weighted by molar-refractivity contribution is 0.411. The summed E-state index contributed by atoms with van der Waals surface area (Å²) in [6, 6.07) is 11.7. The van der Waals surface area contributed by atoms with Crippen LogP contribution in [0.4, 0.5) is 5.82 Å². The van der Waals surface area contributed by atoms with E-state index in [1.165, 1.54) is 0 Å². The maximum Gasteiger partial charge on any atom is 0.167 e. The van der Waals surface area contributed by atoms with Crippen LogP contribution in [0.2, 0.25) is 0 Å². The van der Waals surface area contributed by atoms with Crippen molar-refractivity contribution in [2.45, 2.75) is 13.8 Å². The predicted octanol–water partition coefficient (Wildman–Crippen LogP) is 4.42. The molecule has 0 fully saturated rings. The topological polar surface area (TPSA) is 89.8 Å². The quantitative estimate of drug-likeness (QED) is 0.517. The van der Waals surface area contributed by atoms with Crippen molar-refractivity contribution in [3.05, 3.63) is 51.5 Å². The molecule has 2 aromatic heterocycles. The van der Waals surface area contributed by atoms with Crippen LogP contribution in [0.15, 0.2) is 34.8 Å². The van der Waals surface area contributed by atoms with Gasteiger partial charge in [-0.25, -0.2) is 9.97 Å². The molecule has 0 saturated heterocycles. The van der Waals surface area contributed by atoms with Crippen LogP contribution in [0.5, 0.6) is 5.75 Å². The van der Waals surface area contributed by atoms with Crippen LogP contribution in [0.3, 0.4) is 0 Å². The van der Waals surface area contributed by atoms with Crippen molar-refractivity contribution in [2.75, 3.05) is 12.8 Å². The van der Waals surface area contributed by atoms with E-state index in [0.29, 0.717) is 28.1 Å². The fourth-order valence-corrected chi connectivity index (χ4v) is 3.87. The Balaban J connectivity index is 2.20. The fourth-order valence-electron chi connectivity index (χ4n) is 3.42. The first-order chi connectivity index (χ1) is 13.0. The average molecular weight is 422 g/mol. The van der Waals surface area contributed by atoms with Crippen molar-refractivity contribution in [2.24, 2.45) is 0 Å². The molecule has 7 heteroatoms. The Morgan fingerprint density at radius 2 is 1.93 bits per heavy atom. The number of aryl methyl sites for hydroxylation is 1. The highest BCUT2D eigenvalue weighted by Crippen LogP contribution is 2.36. The first-order valence-electron chi connectivity index (χ1n) is 8.28. The van der Waals surface area contributed by atoms with Gasteiger partial charge in [0, 0.05) is 10.0 Å². The summed E-state index contributed by atoms with van der Waals surface area (Å²) in [5.41, 5.74) is 11.9. The lowest BCUT2D eigenvalue weighted by Crippen LogP contribution is -2.06. The number of halogens is 1. The third-order valence-electron chi connectivity index (χ3n) is 4.71. The Hall–Kier alpha value is -3.11. The highest BCUT2D eigenvalue weighted by Gasteiger charge is 2.23. The van der Waals surface area contributed by atoms with Crippen molar-refractivity contribution in [3.8, 4) is 17.5 Å². The molecule has 0 aliphatic heterocycles. The highest BCUT2D eigenvalue weighted by atomic mass is 79.9. The molecule has 0 aliphatic carbocycles. The molecule has 0 saturated carbocycles. The van der Waals surface area contributed by atoms with E-state index in [1.54, 1.807) is 11.7 Å². The number of para-hydroxylation sites is 1. The summed E-state index contributed by atoms with van der Waals surface area (Å²) in [5.74, 6) is 1.06. The van der Waals surface area contributed by atoms with Gasteiger partial charge in [-0.1, -0.05) is 12.1 Å². The number of anilines is 1. The van der Waals surface area contributed by atoms with Gasteiger partial charge in [-0.2, -0.15) is 5.26 Å².